The first-order valence-electron chi connectivity index (χ1n) is 23.4. The molecule has 3 saturated carbocycles. The van der Waals surface area contributed by atoms with E-state index in [1.807, 2.05) is 44.7 Å². The number of benzene rings is 1. The van der Waals surface area contributed by atoms with E-state index in [1.165, 1.54) is 45.4 Å². The van der Waals surface area contributed by atoms with Gasteiger partial charge in [-0.15, -0.1) is 0 Å². The summed E-state index contributed by atoms with van der Waals surface area (Å²) in [7, 11) is 3.95. The zero-order valence-electron chi connectivity index (χ0n) is 36.5. The summed E-state index contributed by atoms with van der Waals surface area (Å²) in [4.78, 5) is 33.1. The molecule has 2 spiro atoms. The van der Waals surface area contributed by atoms with E-state index in [1.54, 1.807) is 0 Å². The van der Waals surface area contributed by atoms with Gasteiger partial charge in [-0.05, 0) is 120 Å². The number of aliphatic imine (C=N–C) groups is 1. The minimum absolute atomic E-state index is 0.0267. The second kappa shape index (κ2) is 21.0. The van der Waals surface area contributed by atoms with Crippen LogP contribution in [0.25, 0.3) is 0 Å². The maximum absolute atomic E-state index is 14.2. The summed E-state index contributed by atoms with van der Waals surface area (Å²) in [5, 5.41) is 29.9. The highest BCUT2D eigenvalue weighted by Gasteiger charge is 2.57. The molecule has 1 aromatic carbocycles. The van der Waals surface area contributed by atoms with Gasteiger partial charge in [-0.1, -0.05) is 65.8 Å². The highest BCUT2D eigenvalue weighted by atomic mass is 33.1. The lowest BCUT2D eigenvalue weighted by molar-refractivity contribution is -0.148. The predicted molar refractivity (Wildman–Crippen MR) is 246 cm³/mol. The number of dihydropyridines is 1. The quantitative estimate of drug-likeness (QED) is 0.125. The van der Waals surface area contributed by atoms with E-state index in [9.17, 15) is 19.8 Å². The van der Waals surface area contributed by atoms with Crippen molar-refractivity contribution in [3.63, 3.8) is 0 Å². The smallest absolute Gasteiger partial charge is 0.302 e. The molecule has 0 unspecified atom stereocenters. The summed E-state index contributed by atoms with van der Waals surface area (Å²) in [5.41, 5.74) is 15.6. The summed E-state index contributed by atoms with van der Waals surface area (Å²) in [6, 6.07) is 3.87. The zero-order chi connectivity index (χ0) is 42.9. The lowest BCUT2D eigenvalue weighted by atomic mass is 9.77. The maximum atomic E-state index is 14.2. The van der Waals surface area contributed by atoms with Gasteiger partial charge in [0, 0.05) is 68.1 Å². The van der Waals surface area contributed by atoms with Crippen molar-refractivity contribution in [2.75, 3.05) is 25.4 Å². The van der Waals surface area contributed by atoms with Crippen LogP contribution in [0.4, 0.5) is 0 Å². The fourth-order valence-electron chi connectivity index (χ4n) is 11.2. The zero-order valence-corrected chi connectivity index (χ0v) is 38.2. The third kappa shape index (κ3) is 11.9. The molecule has 338 valence electrons. The van der Waals surface area contributed by atoms with Crippen LogP contribution in [-0.2, 0) is 27.3 Å². The average molecular weight is 881 g/mol. The van der Waals surface area contributed by atoms with Gasteiger partial charge in [0.15, 0.2) is 17.5 Å². The molecule has 4 fully saturated rings. The normalized spacial score (nSPS) is 30.0. The van der Waals surface area contributed by atoms with Gasteiger partial charge in [-0.2, -0.15) is 0 Å². The first-order chi connectivity index (χ1) is 29.4. The Bertz CT molecular complexity index is 1770. The number of nitrogens with one attached hydrogen (secondary N) is 2. The van der Waals surface area contributed by atoms with Crippen LogP contribution >= 0.6 is 21.6 Å². The van der Waals surface area contributed by atoms with E-state index >= 15 is 0 Å². The summed E-state index contributed by atoms with van der Waals surface area (Å²) < 4.78 is 12.2. The van der Waals surface area contributed by atoms with Crippen molar-refractivity contribution >= 4 is 39.4 Å². The van der Waals surface area contributed by atoms with Crippen molar-refractivity contribution in [1.82, 2.24) is 15.5 Å². The van der Waals surface area contributed by atoms with Gasteiger partial charge >= 0.3 is 5.97 Å². The summed E-state index contributed by atoms with van der Waals surface area (Å²) in [6.07, 6.45) is 23.6. The number of phenols is 1. The number of hydrogen-bond acceptors (Lipinski definition) is 13. The molecule has 3 aliphatic heterocycles. The lowest BCUT2D eigenvalue weighted by Gasteiger charge is -2.44. The number of aromatic hydroxyl groups is 1. The number of carbonyl (C=O) groups is 2. The number of carbonyl (C=O) groups excluding carboxylic acids is 2. The van der Waals surface area contributed by atoms with Gasteiger partial charge in [-0.25, -0.2) is 0 Å². The summed E-state index contributed by atoms with van der Waals surface area (Å²) >= 11 is 0. The molecule has 0 aromatic heterocycles. The molecule has 4 bridgehead atoms. The molecule has 1 saturated heterocycles. The van der Waals surface area contributed by atoms with Crippen LogP contribution in [-0.4, -0.2) is 81.5 Å². The monoisotopic (exact) mass is 880 g/mol. The molecule has 12 nitrogen and oxygen atoms in total. The van der Waals surface area contributed by atoms with E-state index in [0.717, 1.165) is 74.7 Å². The van der Waals surface area contributed by atoms with Crippen LogP contribution in [0, 0.1) is 10.8 Å². The second-order valence-corrected chi connectivity index (χ2v) is 21.8. The van der Waals surface area contributed by atoms with Crippen molar-refractivity contribution in [3.05, 3.63) is 46.8 Å². The third-order valence-electron chi connectivity index (χ3n) is 14.4. The highest BCUT2D eigenvalue weighted by molar-refractivity contribution is 8.77. The van der Waals surface area contributed by atoms with Crippen LogP contribution in [0.1, 0.15) is 153 Å². The Labute approximate surface area is 371 Å². The SMILES string of the molecule is CC(=O)O[C@@H]1CCc2cc(c(O)c(OC3CCCC3)c2)CN2C[C@@](CC3=CCNC(N)=C3)(CCN=C(N)N[C@]3(CCCC34CCCC4)SSCCCCCC[C@H](O)C1)CC2=O. The molecular weight excluding hydrogens is 809 g/mol. The van der Waals surface area contributed by atoms with E-state index in [0.29, 0.717) is 87.7 Å². The maximum Gasteiger partial charge on any atom is 0.302 e. The number of rotatable bonds is 5. The molecule has 0 radical (unpaired) electrons. The minimum Gasteiger partial charge on any atom is -0.504 e. The number of aliphatic hydroxyl groups excluding tert-OH is 1. The number of nitrogens with zero attached hydrogens (tertiary/aromatic N) is 2. The Balaban J connectivity index is 1.17. The van der Waals surface area contributed by atoms with Gasteiger partial charge in [0.1, 0.15) is 11.0 Å². The molecular formula is C47H72N6O6S2. The Morgan fingerprint density at radius 3 is 2.52 bits per heavy atom. The first kappa shape index (κ1) is 45.8. The Morgan fingerprint density at radius 2 is 1.74 bits per heavy atom. The number of nitrogens with two attached hydrogens (primary N) is 2. The van der Waals surface area contributed by atoms with Gasteiger partial charge in [0.2, 0.25) is 5.91 Å². The molecule has 4 atom stereocenters. The predicted octanol–water partition coefficient (Wildman–Crippen LogP) is 7.85. The Morgan fingerprint density at radius 1 is 0.967 bits per heavy atom. The molecule has 6 aliphatic rings. The first-order valence-corrected chi connectivity index (χ1v) is 25.7. The van der Waals surface area contributed by atoms with Crippen molar-refractivity contribution in [1.29, 1.82) is 0 Å². The van der Waals surface area contributed by atoms with Crippen LogP contribution in [0.15, 0.2) is 40.7 Å². The van der Waals surface area contributed by atoms with Crippen LogP contribution in [0.3, 0.4) is 0 Å². The van der Waals surface area contributed by atoms with Gasteiger partial charge in [-0.3, -0.25) is 14.6 Å². The van der Waals surface area contributed by atoms with Crippen LogP contribution < -0.4 is 26.8 Å². The van der Waals surface area contributed by atoms with Crippen molar-refractivity contribution < 1.29 is 29.3 Å². The fourth-order valence-corrected chi connectivity index (χ4v) is 14.8. The standard InChI is InChI=1S/C47H72N6O6S2/c1-33(54)58-39-15-14-34-25-36(43(57)40(26-34)59-38-12-5-6-13-38)31-53-32-45(30-42(53)56,29-35-16-22-50-41(48)27-35)21-23-51-44(49)52-47(20-10-19-46(47)17-7-8-18-46)61-60-24-9-3-2-4-11-37(55)28-39/h16,25-27,37-39,50,55,57H,2-15,17-24,28-32,48H2,1H3,(H3,49,51,52)/t37-,39+,45+,47+/m0/s1. The molecule has 1 amide bonds. The molecule has 8 N–H and O–H groups in total. The number of esters is 1. The molecule has 3 aliphatic carbocycles. The number of guanidine groups is 1. The fraction of sp³-hybridized carbons (Fsp3) is 0.723. The number of fused-ring (bicyclic) bond motifs is 5. The average Bonchev–Trinajstić information content (AvgIpc) is 4.03. The number of allylic oxidation sites excluding steroid dienone is 2. The van der Waals surface area contributed by atoms with E-state index in [4.69, 9.17) is 25.9 Å². The molecule has 14 heteroatoms. The van der Waals surface area contributed by atoms with Crippen molar-refractivity contribution in [3.8, 4) is 11.5 Å². The van der Waals surface area contributed by atoms with Gasteiger partial charge < -0.3 is 46.7 Å². The lowest BCUT2D eigenvalue weighted by Crippen LogP contribution is -2.55. The van der Waals surface area contributed by atoms with Crippen LogP contribution in [0.5, 0.6) is 11.5 Å². The van der Waals surface area contributed by atoms with Gasteiger partial charge in [0.05, 0.1) is 18.0 Å². The van der Waals surface area contributed by atoms with Crippen LogP contribution in [0.2, 0.25) is 0 Å². The van der Waals surface area contributed by atoms with Gasteiger partial charge in [0.25, 0.3) is 0 Å². The third-order valence-corrected chi connectivity index (χ3v) is 17.7. The molecule has 1 aromatic rings. The van der Waals surface area contributed by atoms with E-state index in [2.05, 4.69) is 16.7 Å². The van der Waals surface area contributed by atoms with E-state index in [-0.39, 0.29) is 40.6 Å². The largest absolute Gasteiger partial charge is 0.504 e. The Kier molecular flexibility index (Phi) is 15.7. The number of phenolic OH excluding ortho intramolecular Hbond substituents is 1. The van der Waals surface area contributed by atoms with Crippen molar-refractivity contribution in [2.45, 2.75) is 178 Å². The minimum atomic E-state index is -0.568. The van der Waals surface area contributed by atoms with Crippen molar-refractivity contribution in [2.24, 2.45) is 27.3 Å². The molecule has 7 rings (SSSR count). The number of amides is 1. The summed E-state index contributed by atoms with van der Waals surface area (Å²) in [5.74, 6) is 2.35. The number of aryl methyl sites for hydroxylation is 1. The topological polar surface area (TPSA) is 185 Å². The number of hydrogen-bond donors (Lipinski definition) is 6. The Hall–Kier alpha value is -3.23. The number of aliphatic hydroxyl groups is 1. The molecule has 61 heavy (non-hydrogen) atoms. The number of ether oxygens (including phenoxy) is 2. The highest BCUT2D eigenvalue weighted by Crippen LogP contribution is 2.63. The summed E-state index contributed by atoms with van der Waals surface area (Å²) in [6.45, 7) is 3.29. The van der Waals surface area contributed by atoms with E-state index < -0.39 is 17.6 Å². The molecule has 3 heterocycles. The second-order valence-electron chi connectivity index (χ2n) is 19.1.